The summed E-state index contributed by atoms with van der Waals surface area (Å²) in [6.07, 6.45) is 17.8. The fraction of sp³-hybridized carbons (Fsp3) is 0.222. The van der Waals surface area contributed by atoms with Crippen LogP contribution >= 0.6 is 0 Å². The van der Waals surface area contributed by atoms with Crippen LogP contribution in [0.5, 0.6) is 0 Å². The molecule has 9 heteroatoms. The second-order valence-corrected chi connectivity index (χ2v) is 8.50. The number of halogens is 1. The first-order valence-corrected chi connectivity index (χ1v) is 11.7. The van der Waals surface area contributed by atoms with E-state index in [-0.39, 0.29) is 12.5 Å². The Kier molecular flexibility index (Phi) is 6.53. The summed E-state index contributed by atoms with van der Waals surface area (Å²) in [6.45, 7) is 2.10. The quantitative estimate of drug-likeness (QED) is 0.485. The van der Waals surface area contributed by atoms with Crippen molar-refractivity contribution in [1.82, 2.24) is 24.4 Å². The van der Waals surface area contributed by atoms with E-state index in [1.165, 1.54) is 12.5 Å². The molecule has 3 aromatic heterocycles. The lowest BCUT2D eigenvalue weighted by molar-refractivity contribution is -0.126. The average molecular weight is 485 g/mol. The summed E-state index contributed by atoms with van der Waals surface area (Å²) < 4.78 is 21.7. The zero-order valence-corrected chi connectivity index (χ0v) is 20.1. The van der Waals surface area contributed by atoms with E-state index in [1.54, 1.807) is 47.4 Å². The summed E-state index contributed by atoms with van der Waals surface area (Å²) in [6, 6.07) is 3.49. The Morgan fingerprint density at radius 1 is 1.19 bits per heavy atom. The maximum Gasteiger partial charge on any atom is 0.248 e. The van der Waals surface area contributed by atoms with Crippen molar-refractivity contribution in [1.29, 1.82) is 0 Å². The summed E-state index contributed by atoms with van der Waals surface area (Å²) in [7, 11) is 1.75. The molecule has 0 bridgehead atoms. The number of hydrogen-bond acceptors (Lipinski definition) is 6. The van der Waals surface area contributed by atoms with E-state index in [4.69, 9.17) is 4.42 Å². The molecule has 182 valence electrons. The topological polar surface area (TPSA) is 89.4 Å². The molecule has 1 aliphatic carbocycles. The number of imidazole rings is 1. The molecule has 0 aromatic carbocycles. The molecule has 0 saturated heterocycles. The maximum atomic E-state index is 14.6. The van der Waals surface area contributed by atoms with E-state index < -0.39 is 5.95 Å². The van der Waals surface area contributed by atoms with Crippen molar-refractivity contribution >= 4 is 17.3 Å². The monoisotopic (exact) mass is 484 g/mol. The third-order valence-corrected chi connectivity index (χ3v) is 6.15. The highest BCUT2D eigenvalue weighted by atomic mass is 19.1. The molecule has 4 heterocycles. The Labute approximate surface area is 207 Å². The maximum absolute atomic E-state index is 14.6. The number of carbonyl (C=O) groups is 1. The normalized spacial score (nSPS) is 16.5. The highest BCUT2D eigenvalue weighted by molar-refractivity contribution is 6.00. The molecular weight excluding hydrogens is 459 g/mol. The van der Waals surface area contributed by atoms with Gasteiger partial charge in [0.15, 0.2) is 0 Å². The van der Waals surface area contributed by atoms with Crippen LogP contribution in [0.2, 0.25) is 0 Å². The highest BCUT2D eigenvalue weighted by Gasteiger charge is 2.24. The SMILES string of the molecule is CCCC1=C(c2cccnc2F)C=CC=C(C2=CC(n3cnc(-c4ncco4)c3)=NCC(=O)N2C)C1. The van der Waals surface area contributed by atoms with Gasteiger partial charge in [0.2, 0.25) is 17.7 Å². The summed E-state index contributed by atoms with van der Waals surface area (Å²) in [5.74, 6) is 0.354. The second kappa shape index (κ2) is 10.1. The molecule has 0 fully saturated rings. The lowest BCUT2D eigenvalue weighted by atomic mass is 9.92. The van der Waals surface area contributed by atoms with E-state index in [9.17, 15) is 9.18 Å². The fourth-order valence-electron chi connectivity index (χ4n) is 4.36. The smallest absolute Gasteiger partial charge is 0.248 e. The van der Waals surface area contributed by atoms with Gasteiger partial charge in [0.05, 0.1) is 11.9 Å². The van der Waals surface area contributed by atoms with Crippen molar-refractivity contribution in [2.45, 2.75) is 26.2 Å². The van der Waals surface area contributed by atoms with Crippen LogP contribution in [0.15, 0.2) is 93.9 Å². The number of nitrogens with zero attached hydrogens (tertiary/aromatic N) is 6. The lowest BCUT2D eigenvalue weighted by Gasteiger charge is -2.22. The van der Waals surface area contributed by atoms with Gasteiger partial charge in [-0.05, 0) is 36.1 Å². The molecule has 0 spiro atoms. The summed E-state index contributed by atoms with van der Waals surface area (Å²) in [4.78, 5) is 31.4. The van der Waals surface area contributed by atoms with Crippen LogP contribution in [0.1, 0.15) is 31.7 Å². The molecule has 1 aliphatic heterocycles. The fourth-order valence-corrected chi connectivity index (χ4v) is 4.36. The van der Waals surface area contributed by atoms with E-state index in [0.29, 0.717) is 29.4 Å². The number of amides is 1. The summed E-state index contributed by atoms with van der Waals surface area (Å²) in [5.41, 5.74) is 4.63. The molecule has 5 rings (SSSR count). The Morgan fingerprint density at radius 2 is 2.08 bits per heavy atom. The molecule has 3 aromatic rings. The zero-order valence-electron chi connectivity index (χ0n) is 20.1. The molecular formula is C27H25FN6O2. The van der Waals surface area contributed by atoms with Gasteiger partial charge in [-0.15, -0.1) is 0 Å². The molecule has 0 saturated carbocycles. The van der Waals surface area contributed by atoms with E-state index in [1.807, 2.05) is 24.3 Å². The standard InChI is InChI=1S/C27H25FN6O2/c1-3-6-18-13-19(7-4-8-20(18)21-9-5-10-29-26(21)28)23-14-24(31-15-25(35)33(23)2)34-16-22(32-17-34)27-30-11-12-36-27/h4-5,7-12,14,16-17H,3,6,13,15H2,1-2H3. The third-order valence-electron chi connectivity index (χ3n) is 6.15. The van der Waals surface area contributed by atoms with Gasteiger partial charge >= 0.3 is 0 Å². The zero-order chi connectivity index (χ0) is 25.1. The molecule has 1 amide bonds. The lowest BCUT2D eigenvalue weighted by Crippen LogP contribution is -2.28. The van der Waals surface area contributed by atoms with Crippen LogP contribution in [-0.4, -0.2) is 49.8 Å². The van der Waals surface area contributed by atoms with Crippen molar-refractivity contribution in [2.24, 2.45) is 4.99 Å². The van der Waals surface area contributed by atoms with Crippen LogP contribution < -0.4 is 0 Å². The molecule has 8 nitrogen and oxygen atoms in total. The van der Waals surface area contributed by atoms with Crippen molar-refractivity contribution in [2.75, 3.05) is 13.6 Å². The van der Waals surface area contributed by atoms with Crippen LogP contribution in [0.3, 0.4) is 0 Å². The molecule has 0 unspecified atom stereocenters. The molecule has 36 heavy (non-hydrogen) atoms. The Balaban J connectivity index is 1.53. The van der Waals surface area contributed by atoms with Gasteiger partial charge in [-0.2, -0.15) is 4.39 Å². The van der Waals surface area contributed by atoms with Crippen LogP contribution in [0, 0.1) is 5.95 Å². The summed E-state index contributed by atoms with van der Waals surface area (Å²) in [5, 5.41) is 0. The third kappa shape index (κ3) is 4.59. The largest absolute Gasteiger partial charge is 0.443 e. The van der Waals surface area contributed by atoms with Gasteiger partial charge in [-0.3, -0.25) is 14.4 Å². The molecule has 2 aliphatic rings. The first kappa shape index (κ1) is 23.3. The van der Waals surface area contributed by atoms with E-state index in [2.05, 4.69) is 26.9 Å². The minimum absolute atomic E-state index is 0.00523. The average Bonchev–Trinajstić information content (AvgIpc) is 3.52. The first-order chi connectivity index (χ1) is 17.5. The minimum atomic E-state index is -0.494. The van der Waals surface area contributed by atoms with Crippen LogP contribution in [-0.2, 0) is 4.79 Å². The predicted octanol–water partition coefficient (Wildman–Crippen LogP) is 4.81. The van der Waals surface area contributed by atoms with E-state index >= 15 is 0 Å². The highest BCUT2D eigenvalue weighted by Crippen LogP contribution is 2.34. The Bertz CT molecular complexity index is 1440. The number of aromatic nitrogens is 4. The minimum Gasteiger partial charge on any atom is -0.443 e. The van der Waals surface area contributed by atoms with Gasteiger partial charge in [0.1, 0.15) is 30.7 Å². The molecule has 0 atom stereocenters. The van der Waals surface area contributed by atoms with Gasteiger partial charge < -0.3 is 9.32 Å². The molecule has 0 radical (unpaired) electrons. The Hall–Kier alpha value is -4.40. The van der Waals surface area contributed by atoms with Gasteiger partial charge in [0, 0.05) is 31.1 Å². The number of carbonyl (C=O) groups excluding carboxylic acids is 1. The number of rotatable bonds is 5. The number of pyridine rings is 1. The van der Waals surface area contributed by atoms with E-state index in [0.717, 1.165) is 35.3 Å². The predicted molar refractivity (Wildman–Crippen MR) is 134 cm³/mol. The number of oxazole rings is 1. The number of likely N-dealkylation sites (N-methyl/N-ethyl adjacent to an activating group) is 1. The van der Waals surface area contributed by atoms with Crippen LogP contribution in [0.4, 0.5) is 4.39 Å². The van der Waals surface area contributed by atoms with Crippen LogP contribution in [0.25, 0.3) is 17.2 Å². The van der Waals surface area contributed by atoms with Crippen molar-refractivity contribution in [3.05, 3.63) is 96.0 Å². The van der Waals surface area contributed by atoms with Crippen molar-refractivity contribution < 1.29 is 13.6 Å². The van der Waals surface area contributed by atoms with Gasteiger partial charge in [-0.1, -0.05) is 37.1 Å². The number of hydrogen-bond donors (Lipinski definition) is 0. The Morgan fingerprint density at radius 3 is 2.86 bits per heavy atom. The van der Waals surface area contributed by atoms with Crippen molar-refractivity contribution in [3.63, 3.8) is 0 Å². The summed E-state index contributed by atoms with van der Waals surface area (Å²) >= 11 is 0. The number of aliphatic imine (C=N–C) groups is 1. The molecule has 0 N–H and O–H groups in total. The second-order valence-electron chi connectivity index (χ2n) is 8.50. The van der Waals surface area contributed by atoms with Gasteiger partial charge in [-0.25, -0.2) is 15.0 Å². The number of allylic oxidation sites excluding steroid dienone is 7. The first-order valence-electron chi connectivity index (χ1n) is 11.7. The van der Waals surface area contributed by atoms with Crippen molar-refractivity contribution in [3.8, 4) is 11.6 Å². The van der Waals surface area contributed by atoms with Gasteiger partial charge in [0.25, 0.3) is 0 Å².